The number of esters is 1. The summed E-state index contributed by atoms with van der Waals surface area (Å²) in [6, 6.07) is 4.84. The fourth-order valence-corrected chi connectivity index (χ4v) is 1.20. The molecule has 2 aromatic rings. The van der Waals surface area contributed by atoms with E-state index in [0.717, 1.165) is 10.9 Å². The Hall–Kier alpha value is -2.77. The minimum atomic E-state index is -0.617. The summed E-state index contributed by atoms with van der Waals surface area (Å²) in [5, 5.41) is 14.1. The van der Waals surface area contributed by atoms with Crippen LogP contribution in [-0.2, 0) is 11.5 Å². The molecule has 0 aromatic carbocycles. The van der Waals surface area contributed by atoms with Gasteiger partial charge in [0.15, 0.2) is 6.73 Å². The second-order valence-electron chi connectivity index (χ2n) is 3.27. The number of nitrogens with zero attached hydrogens (tertiary/aromatic N) is 4. The van der Waals surface area contributed by atoms with Gasteiger partial charge in [-0.1, -0.05) is 6.07 Å². The van der Waals surface area contributed by atoms with Crippen LogP contribution in [0.2, 0.25) is 0 Å². The summed E-state index contributed by atoms with van der Waals surface area (Å²) >= 11 is 0. The summed E-state index contributed by atoms with van der Waals surface area (Å²) in [7, 11) is 0. The lowest BCUT2D eigenvalue weighted by Crippen LogP contribution is -2.11. The number of carbonyl (C=O) groups is 1. The predicted molar refractivity (Wildman–Crippen MR) is 58.5 cm³/mol. The first-order valence-corrected chi connectivity index (χ1v) is 4.92. The molecule has 0 N–H and O–H groups in total. The monoisotopic (exact) mass is 248 g/mol. The lowest BCUT2D eigenvalue weighted by atomic mass is 10.4. The fourth-order valence-electron chi connectivity index (χ4n) is 1.20. The Kier molecular flexibility index (Phi) is 3.28. The van der Waals surface area contributed by atoms with Crippen LogP contribution in [0.25, 0.3) is 0 Å². The van der Waals surface area contributed by atoms with Gasteiger partial charge in [-0.2, -0.15) is 5.10 Å². The van der Waals surface area contributed by atoms with Crippen molar-refractivity contribution in [2.75, 3.05) is 0 Å². The molecule has 0 atom stereocenters. The molecule has 0 aliphatic rings. The molecule has 0 unspecified atom stereocenters. The van der Waals surface area contributed by atoms with Crippen LogP contribution in [0.3, 0.4) is 0 Å². The first-order chi connectivity index (χ1) is 8.66. The quantitative estimate of drug-likeness (QED) is 0.454. The van der Waals surface area contributed by atoms with Crippen molar-refractivity contribution in [2.45, 2.75) is 6.73 Å². The second-order valence-corrected chi connectivity index (χ2v) is 3.27. The summed E-state index contributed by atoms with van der Waals surface area (Å²) < 4.78 is 6.04. The van der Waals surface area contributed by atoms with Crippen LogP contribution in [0.4, 0.5) is 5.69 Å². The average Bonchev–Trinajstić information content (AvgIpc) is 2.86. The van der Waals surface area contributed by atoms with E-state index in [1.807, 2.05) is 0 Å². The van der Waals surface area contributed by atoms with Gasteiger partial charge in [-0.05, 0) is 12.1 Å². The van der Waals surface area contributed by atoms with Gasteiger partial charge in [0.2, 0.25) is 0 Å². The second kappa shape index (κ2) is 5.04. The van der Waals surface area contributed by atoms with E-state index in [2.05, 4.69) is 10.1 Å². The highest BCUT2D eigenvalue weighted by molar-refractivity contribution is 5.86. The van der Waals surface area contributed by atoms with Gasteiger partial charge in [0, 0.05) is 6.20 Å². The Balaban J connectivity index is 1.95. The zero-order chi connectivity index (χ0) is 13.0. The molecule has 0 bridgehead atoms. The average molecular weight is 248 g/mol. The van der Waals surface area contributed by atoms with Crippen LogP contribution < -0.4 is 0 Å². The van der Waals surface area contributed by atoms with Crippen molar-refractivity contribution in [3.8, 4) is 0 Å². The van der Waals surface area contributed by atoms with Crippen LogP contribution >= 0.6 is 0 Å². The van der Waals surface area contributed by atoms with E-state index in [0.29, 0.717) is 0 Å². The van der Waals surface area contributed by atoms with Crippen LogP contribution in [0.15, 0.2) is 36.8 Å². The van der Waals surface area contributed by atoms with Crippen molar-refractivity contribution in [3.63, 3.8) is 0 Å². The standard InChI is InChI=1S/C10H8N4O4/c15-10(9-3-1-2-4-11-9)18-7-13-6-8(5-12-13)14(16)17/h1-6H,7H2. The maximum absolute atomic E-state index is 11.5. The minimum Gasteiger partial charge on any atom is -0.438 e. The third-order valence-corrected chi connectivity index (χ3v) is 2.03. The molecule has 2 aromatic heterocycles. The zero-order valence-corrected chi connectivity index (χ0v) is 9.09. The number of aromatic nitrogens is 3. The van der Waals surface area contributed by atoms with E-state index in [9.17, 15) is 14.9 Å². The Bertz CT molecular complexity index is 566. The maximum atomic E-state index is 11.5. The van der Waals surface area contributed by atoms with Gasteiger partial charge in [-0.3, -0.25) is 10.1 Å². The van der Waals surface area contributed by atoms with Crippen molar-refractivity contribution in [3.05, 3.63) is 52.6 Å². The topological polar surface area (TPSA) is 100 Å². The summed E-state index contributed by atoms with van der Waals surface area (Å²) in [6.45, 7) is -0.205. The van der Waals surface area contributed by atoms with Gasteiger partial charge in [-0.15, -0.1) is 0 Å². The lowest BCUT2D eigenvalue weighted by molar-refractivity contribution is -0.385. The number of hydrogen-bond donors (Lipinski definition) is 0. The van der Waals surface area contributed by atoms with Gasteiger partial charge in [-0.25, -0.2) is 14.5 Å². The molecule has 8 nitrogen and oxygen atoms in total. The normalized spacial score (nSPS) is 10.0. The van der Waals surface area contributed by atoms with Crippen molar-refractivity contribution in [1.29, 1.82) is 0 Å². The van der Waals surface area contributed by atoms with Crippen molar-refractivity contribution < 1.29 is 14.5 Å². The highest BCUT2D eigenvalue weighted by Crippen LogP contribution is 2.08. The molecule has 0 aliphatic carbocycles. The molecular formula is C10H8N4O4. The van der Waals surface area contributed by atoms with Crippen LogP contribution in [-0.4, -0.2) is 25.7 Å². The number of pyridine rings is 1. The largest absolute Gasteiger partial charge is 0.438 e. The SMILES string of the molecule is O=C(OCn1cc([N+](=O)[O-])cn1)c1ccccn1. The molecule has 8 heteroatoms. The van der Waals surface area contributed by atoms with Crippen molar-refractivity contribution in [2.24, 2.45) is 0 Å². The molecule has 92 valence electrons. The van der Waals surface area contributed by atoms with Gasteiger partial charge >= 0.3 is 11.7 Å². The fraction of sp³-hybridized carbons (Fsp3) is 0.100. The third kappa shape index (κ3) is 2.67. The molecule has 0 saturated carbocycles. The van der Waals surface area contributed by atoms with Gasteiger partial charge in [0.1, 0.15) is 18.1 Å². The summed E-state index contributed by atoms with van der Waals surface area (Å²) in [4.78, 5) is 25.1. The summed E-state index contributed by atoms with van der Waals surface area (Å²) in [5.74, 6) is -0.617. The number of carbonyl (C=O) groups excluding carboxylic acids is 1. The van der Waals surface area contributed by atoms with E-state index in [-0.39, 0.29) is 18.1 Å². The minimum absolute atomic E-state index is 0.163. The molecular weight excluding hydrogens is 240 g/mol. The van der Waals surface area contributed by atoms with Gasteiger partial charge in [0.05, 0.1) is 4.92 Å². The summed E-state index contributed by atoms with van der Waals surface area (Å²) in [5.41, 5.74) is 0.00282. The van der Waals surface area contributed by atoms with Gasteiger partial charge in [0.25, 0.3) is 0 Å². The number of rotatable bonds is 4. The Labute approximate surface area is 101 Å². The smallest absolute Gasteiger partial charge is 0.358 e. The maximum Gasteiger partial charge on any atom is 0.358 e. The van der Waals surface area contributed by atoms with Crippen LogP contribution in [0, 0.1) is 10.1 Å². The molecule has 0 aliphatic heterocycles. The molecule has 0 amide bonds. The molecule has 2 heterocycles. The van der Waals surface area contributed by atoms with Crippen LogP contribution in [0.5, 0.6) is 0 Å². The molecule has 0 fully saturated rings. The van der Waals surface area contributed by atoms with Gasteiger partial charge < -0.3 is 4.74 Å². The van der Waals surface area contributed by atoms with Crippen LogP contribution in [0.1, 0.15) is 10.5 Å². The Morgan fingerprint density at radius 2 is 2.33 bits per heavy atom. The van der Waals surface area contributed by atoms with E-state index in [1.165, 1.54) is 18.5 Å². The zero-order valence-electron chi connectivity index (χ0n) is 9.09. The molecule has 0 spiro atoms. The van der Waals surface area contributed by atoms with Crippen molar-refractivity contribution >= 4 is 11.7 Å². The molecule has 0 saturated heterocycles. The highest BCUT2D eigenvalue weighted by Gasteiger charge is 2.11. The number of nitro groups is 1. The first kappa shape index (κ1) is 11.7. The molecule has 2 rings (SSSR count). The highest BCUT2D eigenvalue weighted by atomic mass is 16.6. The van der Waals surface area contributed by atoms with E-state index in [4.69, 9.17) is 4.74 Å². The summed E-state index contributed by atoms with van der Waals surface area (Å²) in [6.07, 6.45) is 3.72. The molecule has 18 heavy (non-hydrogen) atoms. The molecule has 0 radical (unpaired) electrons. The third-order valence-electron chi connectivity index (χ3n) is 2.03. The Morgan fingerprint density at radius 1 is 1.50 bits per heavy atom. The Morgan fingerprint density at radius 3 is 2.94 bits per heavy atom. The van der Waals surface area contributed by atoms with E-state index >= 15 is 0 Å². The van der Waals surface area contributed by atoms with E-state index < -0.39 is 10.9 Å². The van der Waals surface area contributed by atoms with E-state index in [1.54, 1.807) is 12.1 Å². The predicted octanol–water partition coefficient (Wildman–Crippen LogP) is 1.00. The number of hydrogen-bond acceptors (Lipinski definition) is 6. The first-order valence-electron chi connectivity index (χ1n) is 4.92. The number of ether oxygens (including phenoxy) is 1. The van der Waals surface area contributed by atoms with Crippen molar-refractivity contribution in [1.82, 2.24) is 14.8 Å². The lowest BCUT2D eigenvalue weighted by Gasteiger charge is -2.03.